The first-order chi connectivity index (χ1) is 7.18. The van der Waals surface area contributed by atoms with Gasteiger partial charge in [0.05, 0.1) is 18.8 Å². The number of rotatable bonds is 3. The Hall–Kier alpha value is -0.0800. The van der Waals surface area contributed by atoms with Gasteiger partial charge in [0.1, 0.15) is 0 Å². The van der Waals surface area contributed by atoms with Crippen LogP contribution in [0.1, 0.15) is 54.4 Å². The van der Waals surface area contributed by atoms with E-state index in [4.69, 9.17) is 4.74 Å². The van der Waals surface area contributed by atoms with Crippen molar-refractivity contribution in [1.29, 1.82) is 0 Å². The molecule has 1 aliphatic rings. The highest BCUT2D eigenvalue weighted by Crippen LogP contribution is 2.50. The molecule has 1 fully saturated rings. The highest BCUT2D eigenvalue weighted by molar-refractivity contribution is 4.97. The summed E-state index contributed by atoms with van der Waals surface area (Å²) in [6.07, 6.45) is 2.35. The Morgan fingerprint density at radius 3 is 2.38 bits per heavy atom. The van der Waals surface area contributed by atoms with E-state index < -0.39 is 0 Å². The van der Waals surface area contributed by atoms with Crippen molar-refractivity contribution in [2.75, 3.05) is 6.61 Å². The third kappa shape index (κ3) is 2.78. The molecular formula is C14H28O2. The van der Waals surface area contributed by atoms with E-state index in [1.807, 2.05) is 0 Å². The van der Waals surface area contributed by atoms with Crippen LogP contribution < -0.4 is 0 Å². The van der Waals surface area contributed by atoms with Gasteiger partial charge in [-0.15, -0.1) is 0 Å². The summed E-state index contributed by atoms with van der Waals surface area (Å²) in [7, 11) is 0. The molecule has 1 unspecified atom stereocenters. The minimum absolute atomic E-state index is 0.191. The molecule has 0 heterocycles. The predicted octanol–water partition coefficient (Wildman–Crippen LogP) is 3.23. The van der Waals surface area contributed by atoms with E-state index in [0.29, 0.717) is 12.5 Å². The van der Waals surface area contributed by atoms with Crippen LogP contribution in [0.2, 0.25) is 0 Å². The smallest absolute Gasteiger partial charge is 0.0745 e. The summed E-state index contributed by atoms with van der Waals surface area (Å²) in [4.78, 5) is 0. The van der Waals surface area contributed by atoms with Crippen molar-refractivity contribution >= 4 is 0 Å². The molecule has 1 N–H and O–H groups in total. The van der Waals surface area contributed by atoms with E-state index >= 15 is 0 Å². The van der Waals surface area contributed by atoms with Gasteiger partial charge in [0.25, 0.3) is 0 Å². The molecule has 0 saturated heterocycles. The van der Waals surface area contributed by atoms with E-state index in [0.717, 1.165) is 0 Å². The molecule has 16 heavy (non-hydrogen) atoms. The molecule has 96 valence electrons. The molecule has 1 aliphatic carbocycles. The third-order valence-corrected chi connectivity index (χ3v) is 4.38. The van der Waals surface area contributed by atoms with Crippen LogP contribution in [0.15, 0.2) is 0 Å². The summed E-state index contributed by atoms with van der Waals surface area (Å²) < 4.78 is 6.00. The molecule has 0 aliphatic heterocycles. The molecule has 2 heteroatoms. The van der Waals surface area contributed by atoms with Gasteiger partial charge in [-0.25, -0.2) is 0 Å². The fourth-order valence-corrected chi connectivity index (χ4v) is 3.03. The van der Waals surface area contributed by atoms with Crippen LogP contribution in [-0.2, 0) is 4.74 Å². The van der Waals surface area contributed by atoms with Crippen LogP contribution in [0, 0.1) is 16.7 Å². The first kappa shape index (κ1) is 14.0. The molecule has 0 radical (unpaired) electrons. The van der Waals surface area contributed by atoms with Crippen molar-refractivity contribution in [3.05, 3.63) is 0 Å². The third-order valence-electron chi connectivity index (χ3n) is 4.38. The first-order valence-electron chi connectivity index (χ1n) is 6.47. The van der Waals surface area contributed by atoms with Gasteiger partial charge in [0.15, 0.2) is 0 Å². The molecular weight excluding hydrogens is 200 g/mol. The van der Waals surface area contributed by atoms with Crippen molar-refractivity contribution in [1.82, 2.24) is 0 Å². The Morgan fingerprint density at radius 2 is 1.88 bits per heavy atom. The zero-order valence-corrected chi connectivity index (χ0v) is 11.7. The van der Waals surface area contributed by atoms with E-state index in [9.17, 15) is 5.11 Å². The van der Waals surface area contributed by atoms with Crippen molar-refractivity contribution in [3.8, 4) is 0 Å². The monoisotopic (exact) mass is 228 g/mol. The van der Waals surface area contributed by atoms with Crippen LogP contribution >= 0.6 is 0 Å². The molecule has 2 nitrogen and oxygen atoms in total. The molecule has 0 aromatic carbocycles. The summed E-state index contributed by atoms with van der Waals surface area (Å²) in [5.74, 6) is 0.680. The van der Waals surface area contributed by atoms with Crippen molar-refractivity contribution in [3.63, 3.8) is 0 Å². The van der Waals surface area contributed by atoms with Gasteiger partial charge < -0.3 is 9.84 Å². The van der Waals surface area contributed by atoms with Crippen molar-refractivity contribution in [2.45, 2.75) is 66.6 Å². The standard InChI is InChI=1S/C14H28O2/c1-10-7-8-13(3,4)12(14(10,5)6)16-9-11(2)15/h10-12,15H,7-9H2,1-6H3/t10-,11?,12+/m1/s1. The summed E-state index contributed by atoms with van der Waals surface area (Å²) in [5, 5.41) is 9.36. The summed E-state index contributed by atoms with van der Waals surface area (Å²) in [6, 6.07) is 0. The lowest BCUT2D eigenvalue weighted by molar-refractivity contribution is -0.154. The highest BCUT2D eigenvalue weighted by Gasteiger charge is 2.48. The Balaban J connectivity index is 2.79. The first-order valence-corrected chi connectivity index (χ1v) is 6.47. The molecule has 3 atom stereocenters. The zero-order valence-electron chi connectivity index (χ0n) is 11.7. The van der Waals surface area contributed by atoms with E-state index in [2.05, 4.69) is 34.6 Å². The van der Waals surface area contributed by atoms with Gasteiger partial charge in [-0.05, 0) is 36.5 Å². The lowest BCUT2D eigenvalue weighted by Gasteiger charge is -2.52. The number of aliphatic hydroxyl groups is 1. The maximum Gasteiger partial charge on any atom is 0.0745 e. The molecule has 1 rings (SSSR count). The predicted molar refractivity (Wildman–Crippen MR) is 67.4 cm³/mol. The second-order valence-corrected chi connectivity index (χ2v) is 6.81. The molecule has 0 amide bonds. The maximum absolute atomic E-state index is 9.36. The summed E-state index contributed by atoms with van der Waals surface area (Å²) >= 11 is 0. The normalized spacial score (nSPS) is 34.7. The van der Waals surface area contributed by atoms with Crippen LogP contribution in [0.25, 0.3) is 0 Å². The minimum atomic E-state index is -0.371. The van der Waals surface area contributed by atoms with E-state index in [1.54, 1.807) is 6.92 Å². The Labute approximate surface area is 100 Å². The van der Waals surface area contributed by atoms with Gasteiger partial charge in [0, 0.05) is 0 Å². The second-order valence-electron chi connectivity index (χ2n) is 6.81. The van der Waals surface area contributed by atoms with Crippen LogP contribution in [-0.4, -0.2) is 23.9 Å². The van der Waals surface area contributed by atoms with Crippen LogP contribution in [0.4, 0.5) is 0 Å². The SMILES string of the molecule is CC(O)CO[C@H]1C(C)(C)CC[C@@H](C)C1(C)C. The molecule has 0 aromatic heterocycles. The summed E-state index contributed by atoms with van der Waals surface area (Å²) in [6.45, 7) is 13.7. The van der Waals surface area contributed by atoms with E-state index in [1.165, 1.54) is 12.8 Å². The number of hydrogen-bond acceptors (Lipinski definition) is 2. The fourth-order valence-electron chi connectivity index (χ4n) is 3.03. The van der Waals surface area contributed by atoms with Gasteiger partial charge in [0.2, 0.25) is 0 Å². The lowest BCUT2D eigenvalue weighted by Crippen LogP contribution is -2.51. The van der Waals surface area contributed by atoms with Crippen molar-refractivity contribution < 1.29 is 9.84 Å². The molecule has 0 spiro atoms. The van der Waals surface area contributed by atoms with Gasteiger partial charge in [-0.1, -0.05) is 34.6 Å². The van der Waals surface area contributed by atoms with Gasteiger partial charge in [-0.2, -0.15) is 0 Å². The molecule has 1 saturated carbocycles. The summed E-state index contributed by atoms with van der Waals surface area (Å²) in [5.41, 5.74) is 0.404. The zero-order chi connectivity index (χ0) is 12.6. The quantitative estimate of drug-likeness (QED) is 0.803. The Bertz CT molecular complexity index is 231. The topological polar surface area (TPSA) is 29.5 Å². The van der Waals surface area contributed by atoms with Gasteiger partial charge >= 0.3 is 0 Å². The van der Waals surface area contributed by atoms with E-state index in [-0.39, 0.29) is 23.0 Å². The Morgan fingerprint density at radius 1 is 1.31 bits per heavy atom. The average molecular weight is 228 g/mol. The minimum Gasteiger partial charge on any atom is -0.391 e. The maximum atomic E-state index is 9.36. The number of ether oxygens (including phenoxy) is 1. The second kappa shape index (κ2) is 4.66. The highest BCUT2D eigenvalue weighted by atomic mass is 16.5. The number of hydrogen-bond donors (Lipinski definition) is 1. The largest absolute Gasteiger partial charge is 0.391 e. The van der Waals surface area contributed by atoms with Crippen LogP contribution in [0.5, 0.6) is 0 Å². The lowest BCUT2D eigenvalue weighted by atomic mass is 9.58. The fraction of sp³-hybridized carbons (Fsp3) is 1.00. The average Bonchev–Trinajstić information content (AvgIpc) is 2.11. The molecule has 0 aromatic rings. The van der Waals surface area contributed by atoms with Gasteiger partial charge in [-0.3, -0.25) is 0 Å². The number of aliphatic hydroxyl groups excluding tert-OH is 1. The van der Waals surface area contributed by atoms with Crippen molar-refractivity contribution in [2.24, 2.45) is 16.7 Å². The molecule has 0 bridgehead atoms. The Kier molecular flexibility index (Phi) is 4.07. The van der Waals surface area contributed by atoms with Crippen LogP contribution in [0.3, 0.4) is 0 Å².